The lowest BCUT2D eigenvalue weighted by atomic mass is 11.9. The molecular weight excluding hydrogens is 90.0 g/mol. The van der Waals surface area contributed by atoms with Crippen molar-refractivity contribution in [2.45, 2.75) is 0 Å². The molecule has 0 aromatic heterocycles. The monoisotopic (exact) mass is 95.0 g/mol. The van der Waals surface area contributed by atoms with Crippen LogP contribution in [-0.2, 0) is 4.79 Å². The van der Waals surface area contributed by atoms with Gasteiger partial charge in [0.2, 0.25) is 0 Å². The van der Waals surface area contributed by atoms with E-state index in [2.05, 4.69) is 0 Å². The van der Waals surface area contributed by atoms with Crippen molar-refractivity contribution >= 4 is 6.79 Å². The fourth-order valence-electron chi connectivity index (χ4n) is 0. The van der Waals surface area contributed by atoms with Gasteiger partial charge in [0.05, 0.1) is 0 Å². The van der Waals surface area contributed by atoms with Crippen molar-refractivity contribution in [1.82, 2.24) is 0 Å². The van der Waals surface area contributed by atoms with Crippen molar-refractivity contribution in [2.75, 3.05) is 0 Å². The Balaban J connectivity index is -0.0000000275. The Morgan fingerprint density at radius 2 is 1.50 bits per heavy atom. The Morgan fingerprint density at radius 3 is 1.50 bits per heavy atom. The number of carbonyl (C=O) groups excluding carboxylic acids is 1. The zero-order valence-electron chi connectivity index (χ0n) is 2.92. The smallest absolute Gasteiger partial charge is 0.152 e. The molecule has 0 aliphatic carbocycles. The van der Waals surface area contributed by atoms with Crippen LogP contribution in [0, 0.1) is 4.91 Å². The fraction of sp³-hybridized carbons (Fsp3) is 0. The summed E-state index contributed by atoms with van der Waals surface area (Å²) in [4.78, 5) is 16.1. The molecule has 5 nitrogen and oxygen atoms in total. The van der Waals surface area contributed by atoms with E-state index in [-0.39, 0.29) is 5.48 Å². The van der Waals surface area contributed by atoms with Crippen molar-refractivity contribution < 1.29 is 15.5 Å². The molecule has 0 heterocycles. The second-order valence-corrected chi connectivity index (χ2v) is 0.0816. The fourth-order valence-corrected chi connectivity index (χ4v) is 0. The summed E-state index contributed by atoms with van der Waals surface area (Å²) in [5.74, 6) is 0. The summed E-state index contributed by atoms with van der Waals surface area (Å²) in [6.07, 6.45) is 0. The number of carbonyl (C=O) groups is 1. The molecule has 0 aromatic carbocycles. The van der Waals surface area contributed by atoms with Crippen LogP contribution in [0.4, 0.5) is 0 Å². The third kappa shape index (κ3) is 13.3. The number of hydrogen-bond donors (Lipinski definition) is 1. The van der Waals surface area contributed by atoms with Gasteiger partial charge in [0.1, 0.15) is 6.79 Å². The highest BCUT2D eigenvalue weighted by molar-refractivity contribution is 5.10. The molecule has 0 aliphatic heterocycles. The van der Waals surface area contributed by atoms with Gasteiger partial charge >= 0.3 is 0 Å². The van der Waals surface area contributed by atoms with Crippen molar-refractivity contribution in [3.63, 3.8) is 0 Å². The number of rotatable bonds is 0. The summed E-state index contributed by atoms with van der Waals surface area (Å²) in [5.41, 5.74) is 0. The van der Waals surface area contributed by atoms with Crippen LogP contribution in [-0.4, -0.2) is 17.5 Å². The van der Waals surface area contributed by atoms with E-state index in [1.165, 1.54) is 5.34 Å². The standard InChI is InChI=1S/CH2O.HNO2.H2O/c1-2;2-1-3;/h1H2;(H,2,3);1H2. The highest BCUT2D eigenvalue weighted by Gasteiger charge is 1.18. The van der Waals surface area contributed by atoms with Crippen LogP contribution in [0.1, 0.15) is 0 Å². The van der Waals surface area contributed by atoms with E-state index in [1.807, 2.05) is 6.79 Å². The van der Waals surface area contributed by atoms with E-state index in [9.17, 15) is 0 Å². The molecule has 0 aromatic rings. The lowest BCUT2D eigenvalue weighted by Gasteiger charge is -1.32. The normalized spacial score (nSPS) is 2.67. The van der Waals surface area contributed by atoms with Crippen molar-refractivity contribution in [1.29, 1.82) is 0 Å². The maximum atomic E-state index is 8.11. The summed E-state index contributed by atoms with van der Waals surface area (Å²) in [5, 5.41) is 7.89. The van der Waals surface area contributed by atoms with E-state index in [0.29, 0.717) is 0 Å². The minimum Gasteiger partial charge on any atom is -0.412 e. The van der Waals surface area contributed by atoms with Crippen LogP contribution >= 0.6 is 0 Å². The molecule has 0 unspecified atom stereocenters. The number of nitrogens with zero attached hydrogens (tertiary/aromatic N) is 1. The first kappa shape index (κ1) is 19.8. The highest BCUT2D eigenvalue weighted by atomic mass is 16.6. The third-order valence-electron chi connectivity index (χ3n) is 0. The molecule has 0 spiro atoms. The Kier molecular flexibility index (Phi) is 136000. The summed E-state index contributed by atoms with van der Waals surface area (Å²) < 4.78 is 0. The highest BCUT2D eigenvalue weighted by Crippen LogP contribution is 1.25. The molecule has 0 atom stereocenters. The minimum atomic E-state index is 0. The molecule has 0 aliphatic rings. The summed E-state index contributed by atoms with van der Waals surface area (Å²) in [7, 11) is 0. The lowest BCUT2D eigenvalue weighted by Crippen LogP contribution is -1.25. The van der Waals surface area contributed by atoms with Crippen LogP contribution in [0.25, 0.3) is 0 Å². The Hall–Kier alpha value is -0.970. The van der Waals surface area contributed by atoms with Crippen molar-refractivity contribution in [3.05, 3.63) is 4.91 Å². The zero-order valence-corrected chi connectivity index (χ0v) is 2.92. The SMILES string of the molecule is C=O.O.O=NO. The number of hydrogen-bond acceptors (Lipinski definition) is 3. The Bertz CT molecular complexity index is 21.5. The average Bonchev–Trinajstić information content (AvgIpc) is 1.46. The molecule has 0 bridgehead atoms. The average molecular weight is 95.1 g/mol. The summed E-state index contributed by atoms with van der Waals surface area (Å²) in [6.45, 7) is 2.00. The molecule has 0 saturated heterocycles. The lowest BCUT2D eigenvalue weighted by molar-refractivity contribution is -0.0979. The largest absolute Gasteiger partial charge is 0.412 e. The first-order valence-corrected chi connectivity index (χ1v) is 0.671. The van der Waals surface area contributed by atoms with Crippen LogP contribution in [0.2, 0.25) is 0 Å². The van der Waals surface area contributed by atoms with Gasteiger partial charge in [-0.3, -0.25) is 0 Å². The van der Waals surface area contributed by atoms with Gasteiger partial charge in [-0.05, 0) is 0 Å². The molecular formula is CH5NO4. The van der Waals surface area contributed by atoms with Gasteiger partial charge in [-0.1, -0.05) is 0 Å². The van der Waals surface area contributed by atoms with Gasteiger partial charge in [-0.15, -0.1) is 4.91 Å². The van der Waals surface area contributed by atoms with Gasteiger partial charge in [-0.2, -0.15) is 0 Å². The van der Waals surface area contributed by atoms with Crippen molar-refractivity contribution in [3.8, 4) is 0 Å². The van der Waals surface area contributed by atoms with Gasteiger partial charge in [0.15, 0.2) is 5.34 Å². The minimum absolute atomic E-state index is 0. The maximum Gasteiger partial charge on any atom is 0.152 e. The van der Waals surface area contributed by atoms with Crippen LogP contribution in [0.15, 0.2) is 5.34 Å². The van der Waals surface area contributed by atoms with Crippen LogP contribution in [0.3, 0.4) is 0 Å². The Labute approximate surface area is 33.8 Å². The van der Waals surface area contributed by atoms with E-state index in [4.69, 9.17) is 14.9 Å². The van der Waals surface area contributed by atoms with E-state index < -0.39 is 0 Å². The van der Waals surface area contributed by atoms with Crippen LogP contribution in [0.5, 0.6) is 0 Å². The molecule has 0 saturated carbocycles. The Morgan fingerprint density at radius 1 is 1.50 bits per heavy atom. The molecule has 3 N–H and O–H groups in total. The quantitative estimate of drug-likeness (QED) is 0.312. The maximum absolute atomic E-state index is 8.11. The molecule has 0 fully saturated rings. The molecule has 0 radical (unpaired) electrons. The molecule has 6 heavy (non-hydrogen) atoms. The van der Waals surface area contributed by atoms with Gasteiger partial charge in [0.25, 0.3) is 0 Å². The van der Waals surface area contributed by atoms with E-state index in [1.54, 1.807) is 0 Å². The molecule has 38 valence electrons. The first-order chi connectivity index (χ1) is 2.41. The third-order valence-corrected chi connectivity index (χ3v) is 0. The first-order valence-electron chi connectivity index (χ1n) is 0.671. The van der Waals surface area contributed by atoms with E-state index >= 15 is 0 Å². The second-order valence-electron chi connectivity index (χ2n) is 0.0816. The van der Waals surface area contributed by atoms with Crippen molar-refractivity contribution in [2.24, 2.45) is 5.34 Å². The molecule has 0 amide bonds. The van der Waals surface area contributed by atoms with E-state index in [0.717, 1.165) is 0 Å². The van der Waals surface area contributed by atoms with Gasteiger partial charge in [0, 0.05) is 0 Å². The van der Waals surface area contributed by atoms with Gasteiger partial charge in [-0.25, -0.2) is 0 Å². The molecule has 5 heteroatoms. The van der Waals surface area contributed by atoms with Gasteiger partial charge < -0.3 is 15.5 Å². The summed E-state index contributed by atoms with van der Waals surface area (Å²) >= 11 is 0. The predicted molar refractivity (Wildman–Crippen MR) is 18.3 cm³/mol. The topological polar surface area (TPSA) is 98.2 Å². The summed E-state index contributed by atoms with van der Waals surface area (Å²) in [6, 6.07) is 0. The van der Waals surface area contributed by atoms with Crippen LogP contribution < -0.4 is 0 Å². The predicted octanol–water partition coefficient (Wildman–Crippen LogP) is -0.868. The molecule has 0 rings (SSSR count). The zero-order chi connectivity index (χ0) is 4.71. The second kappa shape index (κ2) is 41100.